The standard InChI is InChI=1S/C15H17N.C11H24.C2H6/c1-4-5-6-7-8-15-12(2)9-10-14(11-16)13(15)3;1-4-6-8-10-11(3)9-7-5-2;1-2/h5-10H,4H2,1-3H3;11H,4-10H2,1-3H3;1-2H3/b6-5+,8-7-;;. The Kier molecular flexibility index (Phi) is 21.2. The molecule has 164 valence electrons. The lowest BCUT2D eigenvalue weighted by Gasteiger charge is -2.09. The van der Waals surface area contributed by atoms with E-state index in [0.29, 0.717) is 0 Å². The molecule has 29 heavy (non-hydrogen) atoms. The molecule has 1 aromatic carbocycles. The molecule has 1 rings (SSSR count). The van der Waals surface area contributed by atoms with Crippen molar-refractivity contribution in [1.82, 2.24) is 0 Å². The van der Waals surface area contributed by atoms with Gasteiger partial charge in [0, 0.05) is 0 Å². The van der Waals surface area contributed by atoms with Crippen LogP contribution in [0, 0.1) is 31.1 Å². The molecule has 1 heteroatoms. The Morgan fingerprint density at radius 2 is 1.55 bits per heavy atom. The molecule has 0 N–H and O–H groups in total. The molecule has 0 heterocycles. The SMILES string of the molecule is CC.CC/C=C/C=C\c1c(C)ccc(C#N)c1C.CCCCCC(C)CCCC. The highest BCUT2D eigenvalue weighted by Crippen LogP contribution is 2.19. The highest BCUT2D eigenvalue weighted by Gasteiger charge is 2.03. The summed E-state index contributed by atoms with van der Waals surface area (Å²) in [5, 5.41) is 8.96. The molecule has 0 aliphatic heterocycles. The van der Waals surface area contributed by atoms with Gasteiger partial charge in [0.1, 0.15) is 0 Å². The summed E-state index contributed by atoms with van der Waals surface area (Å²) in [7, 11) is 0. The van der Waals surface area contributed by atoms with Gasteiger partial charge in [-0.2, -0.15) is 5.26 Å². The van der Waals surface area contributed by atoms with E-state index < -0.39 is 0 Å². The zero-order valence-corrected chi connectivity index (χ0v) is 20.6. The average molecular weight is 398 g/mol. The molecule has 0 aliphatic carbocycles. The van der Waals surface area contributed by atoms with Gasteiger partial charge in [-0.3, -0.25) is 0 Å². The minimum Gasteiger partial charge on any atom is -0.192 e. The predicted octanol–water partition coefficient (Wildman–Crippen LogP) is 9.57. The van der Waals surface area contributed by atoms with Crippen LogP contribution in [0.2, 0.25) is 0 Å². The summed E-state index contributed by atoms with van der Waals surface area (Å²) in [6.45, 7) is 17.1. The van der Waals surface area contributed by atoms with E-state index in [0.717, 1.165) is 29.0 Å². The second-order valence-electron chi connectivity index (χ2n) is 7.52. The zero-order chi connectivity index (χ0) is 22.5. The quantitative estimate of drug-likeness (QED) is 0.285. The van der Waals surface area contributed by atoms with E-state index in [2.05, 4.69) is 52.8 Å². The van der Waals surface area contributed by atoms with Crippen LogP contribution in [0.4, 0.5) is 0 Å². The van der Waals surface area contributed by atoms with Crippen molar-refractivity contribution in [2.24, 2.45) is 5.92 Å². The van der Waals surface area contributed by atoms with Gasteiger partial charge in [0.15, 0.2) is 0 Å². The van der Waals surface area contributed by atoms with Crippen molar-refractivity contribution in [3.8, 4) is 6.07 Å². The van der Waals surface area contributed by atoms with E-state index in [1.54, 1.807) is 0 Å². The van der Waals surface area contributed by atoms with Crippen molar-refractivity contribution in [2.75, 3.05) is 0 Å². The number of hydrogen-bond acceptors (Lipinski definition) is 1. The molecule has 1 nitrogen and oxygen atoms in total. The Morgan fingerprint density at radius 1 is 0.931 bits per heavy atom. The highest BCUT2D eigenvalue weighted by atomic mass is 14.2. The summed E-state index contributed by atoms with van der Waals surface area (Å²) >= 11 is 0. The van der Waals surface area contributed by atoms with Gasteiger partial charge >= 0.3 is 0 Å². The molecule has 0 spiro atoms. The fraction of sp³-hybridized carbons (Fsp3) is 0.607. The maximum Gasteiger partial charge on any atom is 0.0994 e. The van der Waals surface area contributed by atoms with Gasteiger partial charge in [0.2, 0.25) is 0 Å². The van der Waals surface area contributed by atoms with Gasteiger partial charge in [-0.15, -0.1) is 0 Å². The van der Waals surface area contributed by atoms with E-state index in [9.17, 15) is 0 Å². The number of benzene rings is 1. The molecule has 0 aromatic heterocycles. The third-order valence-corrected chi connectivity index (χ3v) is 4.95. The summed E-state index contributed by atoms with van der Waals surface area (Å²) in [6.07, 6.45) is 19.2. The molecule has 0 bridgehead atoms. The molecule has 0 aliphatic rings. The zero-order valence-electron chi connectivity index (χ0n) is 20.6. The number of aryl methyl sites for hydroxylation is 1. The minimum absolute atomic E-state index is 0.754. The summed E-state index contributed by atoms with van der Waals surface area (Å²) in [5.41, 5.74) is 4.17. The van der Waals surface area contributed by atoms with Gasteiger partial charge < -0.3 is 0 Å². The van der Waals surface area contributed by atoms with Crippen molar-refractivity contribution in [3.63, 3.8) is 0 Å². The van der Waals surface area contributed by atoms with Gasteiger partial charge in [-0.05, 0) is 48.9 Å². The predicted molar refractivity (Wildman–Crippen MR) is 133 cm³/mol. The van der Waals surface area contributed by atoms with Gasteiger partial charge in [-0.25, -0.2) is 0 Å². The molecule has 1 unspecified atom stereocenters. The molecular formula is C28H47N. The van der Waals surface area contributed by atoms with E-state index in [1.165, 1.54) is 50.5 Å². The van der Waals surface area contributed by atoms with Crippen LogP contribution < -0.4 is 0 Å². The van der Waals surface area contributed by atoms with Gasteiger partial charge in [-0.1, -0.05) is 117 Å². The Hall–Kier alpha value is -1.81. The number of nitriles is 1. The van der Waals surface area contributed by atoms with Crippen LogP contribution in [-0.2, 0) is 0 Å². The average Bonchev–Trinajstić information content (AvgIpc) is 2.74. The summed E-state index contributed by atoms with van der Waals surface area (Å²) < 4.78 is 0. The molecule has 0 saturated heterocycles. The fourth-order valence-electron chi connectivity index (χ4n) is 3.05. The molecular weight excluding hydrogens is 350 g/mol. The second-order valence-corrected chi connectivity index (χ2v) is 7.52. The van der Waals surface area contributed by atoms with Crippen molar-refractivity contribution in [3.05, 3.63) is 52.6 Å². The molecule has 0 fully saturated rings. The molecule has 0 saturated carbocycles. The maximum absolute atomic E-state index is 8.96. The molecule has 1 aromatic rings. The number of unbranched alkanes of at least 4 members (excludes halogenated alkanes) is 3. The van der Waals surface area contributed by atoms with E-state index in [4.69, 9.17) is 5.26 Å². The lowest BCUT2D eigenvalue weighted by Crippen LogP contribution is -1.93. The van der Waals surface area contributed by atoms with Crippen LogP contribution in [0.15, 0.2) is 30.4 Å². The number of nitrogens with zero attached hydrogens (tertiary/aromatic N) is 1. The molecule has 0 radical (unpaired) electrons. The molecule has 1 atom stereocenters. The van der Waals surface area contributed by atoms with Crippen LogP contribution in [0.25, 0.3) is 6.08 Å². The largest absolute Gasteiger partial charge is 0.192 e. The van der Waals surface area contributed by atoms with Crippen LogP contribution in [0.1, 0.15) is 115 Å². The summed E-state index contributed by atoms with van der Waals surface area (Å²) in [5.74, 6) is 0.974. The first-order valence-electron chi connectivity index (χ1n) is 11.8. The lowest BCUT2D eigenvalue weighted by atomic mass is 9.98. The summed E-state index contributed by atoms with van der Waals surface area (Å²) in [6, 6.07) is 6.09. The minimum atomic E-state index is 0.754. The van der Waals surface area contributed by atoms with Crippen LogP contribution in [0.5, 0.6) is 0 Å². The highest BCUT2D eigenvalue weighted by molar-refractivity contribution is 5.62. The lowest BCUT2D eigenvalue weighted by molar-refractivity contribution is 0.448. The number of allylic oxidation sites excluding steroid dienone is 3. The van der Waals surface area contributed by atoms with E-state index in [1.807, 2.05) is 45.1 Å². The number of rotatable bonds is 10. The number of hydrogen-bond donors (Lipinski definition) is 0. The normalized spacial score (nSPS) is 11.4. The first-order chi connectivity index (χ1) is 14.0. The van der Waals surface area contributed by atoms with E-state index >= 15 is 0 Å². The topological polar surface area (TPSA) is 23.8 Å². The van der Waals surface area contributed by atoms with Gasteiger partial charge in [0.05, 0.1) is 11.6 Å². The maximum atomic E-state index is 8.96. The van der Waals surface area contributed by atoms with Crippen molar-refractivity contribution < 1.29 is 0 Å². The fourth-order valence-corrected chi connectivity index (χ4v) is 3.05. The molecule has 0 amide bonds. The summed E-state index contributed by atoms with van der Waals surface area (Å²) in [4.78, 5) is 0. The first-order valence-corrected chi connectivity index (χ1v) is 11.8. The van der Waals surface area contributed by atoms with Crippen LogP contribution >= 0.6 is 0 Å². The van der Waals surface area contributed by atoms with Gasteiger partial charge in [0.25, 0.3) is 0 Å². The third kappa shape index (κ3) is 14.8. The Labute approximate surface area is 182 Å². The second kappa shape index (κ2) is 20.9. The smallest absolute Gasteiger partial charge is 0.0994 e. The third-order valence-electron chi connectivity index (χ3n) is 4.95. The van der Waals surface area contributed by atoms with E-state index in [-0.39, 0.29) is 0 Å². The van der Waals surface area contributed by atoms with Crippen molar-refractivity contribution in [1.29, 1.82) is 5.26 Å². The van der Waals surface area contributed by atoms with Crippen LogP contribution in [0.3, 0.4) is 0 Å². The van der Waals surface area contributed by atoms with Crippen molar-refractivity contribution in [2.45, 2.75) is 107 Å². The Balaban J connectivity index is 0. The Morgan fingerprint density at radius 3 is 2.10 bits per heavy atom. The van der Waals surface area contributed by atoms with Crippen molar-refractivity contribution >= 4 is 6.08 Å². The Bertz CT molecular complexity index is 601. The van der Waals surface area contributed by atoms with Crippen LogP contribution in [-0.4, -0.2) is 0 Å². The monoisotopic (exact) mass is 397 g/mol. The first kappa shape index (κ1) is 29.4.